The first-order chi connectivity index (χ1) is 39.2. The summed E-state index contributed by atoms with van der Waals surface area (Å²) in [5, 5.41) is 71.1. The Balaban J connectivity index is -0.000000301. The molecule has 85 heavy (non-hydrogen) atoms. The summed E-state index contributed by atoms with van der Waals surface area (Å²) in [6, 6.07) is -0.437. The molecule has 2 aromatic rings. The molecule has 0 saturated carbocycles. The summed E-state index contributed by atoms with van der Waals surface area (Å²) in [4.78, 5) is 85.2. The van der Waals surface area contributed by atoms with Crippen LogP contribution in [0, 0.1) is 0 Å². The van der Waals surface area contributed by atoms with Crippen molar-refractivity contribution in [1.29, 1.82) is 0 Å². The molecule has 2 rings (SSSR count). The Morgan fingerprint density at radius 2 is 0.859 bits per heavy atom. The van der Waals surface area contributed by atoms with Gasteiger partial charge >= 0.3 is 35.8 Å². The zero-order valence-electron chi connectivity index (χ0n) is 51.9. The van der Waals surface area contributed by atoms with E-state index in [9.17, 15) is 28.8 Å². The Morgan fingerprint density at radius 1 is 0.471 bits per heavy atom. The molecule has 2 aromatic heterocycles. The van der Waals surface area contributed by atoms with E-state index in [0.29, 0.717) is 64.3 Å². The average molecular weight is 1220 g/mol. The van der Waals surface area contributed by atoms with Gasteiger partial charge in [0.05, 0.1) is 43.7 Å². The van der Waals surface area contributed by atoms with Crippen LogP contribution in [0.5, 0.6) is 0 Å². The van der Waals surface area contributed by atoms with Crippen molar-refractivity contribution in [1.82, 2.24) is 51.8 Å². The van der Waals surface area contributed by atoms with E-state index < -0.39 is 53.9 Å². The van der Waals surface area contributed by atoms with Crippen LogP contribution in [0.4, 0.5) is 0 Å². The van der Waals surface area contributed by atoms with Crippen LogP contribution in [0.3, 0.4) is 0 Å². The summed E-state index contributed by atoms with van der Waals surface area (Å²) in [6.45, 7) is 25.6. The molecule has 0 aromatic carbocycles. The van der Waals surface area contributed by atoms with Gasteiger partial charge in [-0.25, -0.2) is 9.97 Å². The van der Waals surface area contributed by atoms with Crippen LogP contribution in [-0.4, -0.2) is 191 Å². The van der Waals surface area contributed by atoms with Crippen LogP contribution in [0.15, 0.2) is 35.0 Å². The van der Waals surface area contributed by atoms with Gasteiger partial charge in [-0.1, -0.05) is 96.9 Å². The number of carboxylic acids is 6. The number of aromatic nitrogens is 4. The lowest BCUT2D eigenvalue weighted by atomic mass is 10.1. The van der Waals surface area contributed by atoms with E-state index in [1.165, 1.54) is 0 Å². The van der Waals surface area contributed by atoms with E-state index in [1.54, 1.807) is 25.0 Å². The summed E-state index contributed by atoms with van der Waals surface area (Å²) in [5.74, 6) is -4.77. The topological polar surface area (TPSA) is 534 Å². The fourth-order valence-corrected chi connectivity index (χ4v) is 7.45. The van der Waals surface area contributed by atoms with Crippen LogP contribution in [0.25, 0.3) is 0 Å². The van der Waals surface area contributed by atoms with Gasteiger partial charge in [-0.2, -0.15) is 0 Å². The number of nitrogens with zero attached hydrogens (tertiary/aromatic N) is 4. The maximum Gasteiger partial charge on any atom is 0.321 e. The summed E-state index contributed by atoms with van der Waals surface area (Å²) < 4.78 is 0. The molecule has 0 bridgehead atoms. The van der Waals surface area contributed by atoms with Crippen LogP contribution >= 0.6 is 0 Å². The molecule has 0 aliphatic rings. The number of carbonyl (C=O) groups is 6. The molecule has 0 amide bonds. The van der Waals surface area contributed by atoms with Gasteiger partial charge in [-0.05, 0) is 58.0 Å². The van der Waals surface area contributed by atoms with Crippen molar-refractivity contribution in [2.24, 2.45) is 44.4 Å². The number of rotatable bonds is 38. The third kappa shape index (κ3) is 60.4. The van der Waals surface area contributed by atoms with Crippen molar-refractivity contribution in [2.75, 3.05) is 26.2 Å². The lowest BCUT2D eigenvalue weighted by Gasteiger charge is -2.19. The molecule has 6 unspecified atom stereocenters. The van der Waals surface area contributed by atoms with Gasteiger partial charge in [0.1, 0.15) is 18.1 Å². The summed E-state index contributed by atoms with van der Waals surface area (Å²) in [6.07, 6.45) is 13.0. The second-order valence-corrected chi connectivity index (χ2v) is 21.4. The van der Waals surface area contributed by atoms with E-state index in [4.69, 9.17) is 65.0 Å². The van der Waals surface area contributed by atoms with Gasteiger partial charge in [0.25, 0.3) is 0 Å². The van der Waals surface area contributed by atoms with Crippen molar-refractivity contribution < 1.29 is 59.4 Å². The van der Waals surface area contributed by atoms with Crippen LogP contribution in [-0.2, 0) is 35.2 Å². The Bertz CT molecular complexity index is 2040. The van der Waals surface area contributed by atoms with Gasteiger partial charge in [0.2, 0.25) is 0 Å². The van der Waals surface area contributed by atoms with Crippen LogP contribution < -0.4 is 66.3 Å². The number of H-pyrrole nitrogens is 2. The number of hydrogen-bond acceptors (Lipinski definition) is 18. The summed E-state index contributed by atoms with van der Waals surface area (Å²) in [7, 11) is 0. The normalized spacial score (nSPS) is 12.8. The number of guanidine groups is 2. The van der Waals surface area contributed by atoms with E-state index in [0.717, 1.165) is 37.1 Å². The predicted molar refractivity (Wildman–Crippen MR) is 335 cm³/mol. The molecule has 0 aliphatic heterocycles. The molecule has 496 valence electrons. The van der Waals surface area contributed by atoms with Crippen molar-refractivity contribution in [3.8, 4) is 0 Å². The predicted octanol–water partition coefficient (Wildman–Crippen LogP) is 2.08. The smallest absolute Gasteiger partial charge is 0.321 e. The first-order valence-corrected chi connectivity index (χ1v) is 28.5. The minimum absolute atomic E-state index is 0. The quantitative estimate of drug-likeness (QED) is 0.0260. The molecular formula is C55H114N18O12. The fourth-order valence-electron chi connectivity index (χ4n) is 7.45. The standard InChI is InChI=1S/2C9H20N4O2.2C9H15N3O2.2C9H20N2O2.CH4/c1-6(2)13-7(5-8(14)15)3-4-12-9(10)11;1-6(2)13-7(8(14)15)4-3-5-12-9(10)11;1-6(2)12-7(3-9(13)14)8-4-10-5-11-8;1-6(2)12-8(9(13)14)3-7-4-10-5-11-7;1-7(2)11-8(4-3-5-10)6-9(12)13;1-7(2)11-8(9(12)13)5-3-4-6-10;/h2*6-7,13H,3-5H2,1-2H3,(H,14,15)(H4,10,11,12);4-7,12H,3H2,1-2H3,(H,10,11)(H,13,14);4-6,8,12H,3H2,1-2H3,(H,10,11)(H,13,14);2*7-8,11H,3-6,10H2,1-2H3,(H,12,13);1H4. The second kappa shape index (κ2) is 54.1. The lowest BCUT2D eigenvalue weighted by molar-refractivity contribution is -0.140. The molecule has 0 radical (unpaired) electrons. The number of aromatic amines is 2. The molecule has 0 fully saturated rings. The molecule has 30 nitrogen and oxygen atoms in total. The molecule has 26 N–H and O–H groups in total. The highest BCUT2D eigenvalue weighted by Crippen LogP contribution is 2.14. The number of hydrogen-bond donors (Lipinski definition) is 20. The molecule has 2 heterocycles. The maximum atomic E-state index is 10.9. The highest BCUT2D eigenvalue weighted by Gasteiger charge is 2.21. The van der Waals surface area contributed by atoms with Gasteiger partial charge in [-0.3, -0.25) is 38.8 Å². The Hall–Kier alpha value is -6.54. The zero-order chi connectivity index (χ0) is 65.3. The number of aliphatic carboxylic acids is 6. The molecular weight excluding hydrogens is 1100 g/mol. The minimum Gasteiger partial charge on any atom is -0.481 e. The largest absolute Gasteiger partial charge is 0.481 e. The highest BCUT2D eigenvalue weighted by molar-refractivity contribution is 5.76. The SMILES string of the molecule is C.CC(C)NC(CC(=O)O)c1cnc[nH]1.CC(C)NC(CCCCN)C(=O)O.CC(C)NC(CCCN)CC(=O)O.CC(C)NC(CCCN=C(N)N)C(=O)O.CC(C)NC(CCN=C(N)N)CC(=O)O.CC(C)NC(Cc1cnc[nH]1)C(=O)O. The summed E-state index contributed by atoms with van der Waals surface area (Å²) in [5.41, 5.74) is 33.0. The van der Waals surface area contributed by atoms with Crippen LogP contribution in [0.1, 0.15) is 179 Å². The number of imidazole rings is 2. The number of carboxylic acid groups (broad SMARTS) is 6. The number of nitrogens with two attached hydrogens (primary N) is 6. The van der Waals surface area contributed by atoms with Crippen molar-refractivity contribution in [3.63, 3.8) is 0 Å². The molecule has 0 spiro atoms. The minimum atomic E-state index is -0.840. The number of unbranched alkanes of at least 4 members (excludes halogenated alkanes) is 1. The zero-order valence-corrected chi connectivity index (χ0v) is 51.9. The second-order valence-electron chi connectivity index (χ2n) is 21.4. The van der Waals surface area contributed by atoms with Crippen molar-refractivity contribution in [2.45, 2.75) is 240 Å². The first kappa shape index (κ1) is 87.2. The molecule has 0 saturated heterocycles. The molecule has 0 aliphatic carbocycles. The Labute approximate surface area is 504 Å². The van der Waals surface area contributed by atoms with Gasteiger partial charge < -0.3 is 107 Å². The van der Waals surface area contributed by atoms with E-state index in [2.05, 4.69) is 61.8 Å². The maximum absolute atomic E-state index is 10.9. The van der Waals surface area contributed by atoms with E-state index in [-0.39, 0.29) is 86.9 Å². The Kier molecular flexibility index (Phi) is 55.6. The molecule has 30 heteroatoms. The fraction of sp³-hybridized carbons (Fsp3) is 0.745. The van der Waals surface area contributed by atoms with Crippen molar-refractivity contribution in [3.05, 3.63) is 36.4 Å². The van der Waals surface area contributed by atoms with Gasteiger partial charge in [0, 0.05) is 85.9 Å². The third-order valence-electron chi connectivity index (χ3n) is 10.7. The average Bonchev–Trinajstić information content (AvgIpc) is 4.10. The lowest BCUT2D eigenvalue weighted by Crippen LogP contribution is -2.42. The highest BCUT2D eigenvalue weighted by atomic mass is 16.4. The van der Waals surface area contributed by atoms with Crippen LogP contribution in [0.2, 0.25) is 0 Å². The third-order valence-corrected chi connectivity index (χ3v) is 10.7. The monoisotopic (exact) mass is 1220 g/mol. The first-order valence-electron chi connectivity index (χ1n) is 28.5. The summed E-state index contributed by atoms with van der Waals surface area (Å²) >= 11 is 0. The molecule has 6 atom stereocenters. The Morgan fingerprint density at radius 3 is 1.21 bits per heavy atom. The number of aliphatic imine (C=N–C) groups is 2. The van der Waals surface area contributed by atoms with E-state index >= 15 is 0 Å². The number of nitrogens with one attached hydrogen (secondary N) is 8. The van der Waals surface area contributed by atoms with E-state index in [1.807, 2.05) is 83.1 Å². The van der Waals surface area contributed by atoms with Crippen molar-refractivity contribution >= 4 is 47.7 Å². The van der Waals surface area contributed by atoms with Gasteiger partial charge in [0.15, 0.2) is 11.9 Å². The van der Waals surface area contributed by atoms with Gasteiger partial charge in [-0.15, -0.1) is 0 Å².